The van der Waals surface area contributed by atoms with E-state index in [9.17, 15) is 14.7 Å². The first kappa shape index (κ1) is 17.0. The zero-order chi connectivity index (χ0) is 15.3. The molecule has 1 saturated carbocycles. The summed E-state index contributed by atoms with van der Waals surface area (Å²) in [5.74, 6) is -1.41. The standard InChI is InChI=1S/C15H28N2O3/c1-15(2,3)12(16)9-13(18)17-11-8-6-4-5-7-10(11)14(19)20/h10-12H,4-9,16H2,1-3H3,(H,17,18)(H,19,20). The predicted molar refractivity (Wildman–Crippen MR) is 78.2 cm³/mol. The lowest BCUT2D eigenvalue weighted by atomic mass is 9.85. The Morgan fingerprint density at radius 1 is 1.25 bits per heavy atom. The van der Waals surface area contributed by atoms with Gasteiger partial charge in [0.2, 0.25) is 5.91 Å². The van der Waals surface area contributed by atoms with Crippen LogP contribution < -0.4 is 11.1 Å². The molecular formula is C15H28N2O3. The van der Waals surface area contributed by atoms with Crippen LogP contribution in [0.1, 0.15) is 59.3 Å². The summed E-state index contributed by atoms with van der Waals surface area (Å²) in [6.07, 6.45) is 4.56. The van der Waals surface area contributed by atoms with Gasteiger partial charge in [-0.15, -0.1) is 0 Å². The first-order valence-electron chi connectivity index (χ1n) is 7.49. The van der Waals surface area contributed by atoms with Crippen LogP contribution in [-0.2, 0) is 9.59 Å². The number of aliphatic carboxylic acids is 1. The highest BCUT2D eigenvalue weighted by Crippen LogP contribution is 2.24. The maximum atomic E-state index is 12.1. The van der Waals surface area contributed by atoms with Crippen LogP contribution in [0.4, 0.5) is 0 Å². The molecule has 0 spiro atoms. The number of hydrogen-bond donors (Lipinski definition) is 3. The molecule has 1 amide bonds. The highest BCUT2D eigenvalue weighted by molar-refractivity contribution is 5.78. The van der Waals surface area contributed by atoms with Crippen molar-refractivity contribution in [2.75, 3.05) is 0 Å². The van der Waals surface area contributed by atoms with Gasteiger partial charge in [-0.3, -0.25) is 9.59 Å². The average molecular weight is 284 g/mol. The number of carboxylic acids is 1. The van der Waals surface area contributed by atoms with Gasteiger partial charge in [0.15, 0.2) is 0 Å². The van der Waals surface area contributed by atoms with Crippen molar-refractivity contribution in [3.63, 3.8) is 0 Å². The summed E-state index contributed by atoms with van der Waals surface area (Å²) in [6.45, 7) is 5.99. The van der Waals surface area contributed by atoms with Gasteiger partial charge in [-0.05, 0) is 18.3 Å². The van der Waals surface area contributed by atoms with Crippen molar-refractivity contribution in [2.45, 2.75) is 71.4 Å². The van der Waals surface area contributed by atoms with Crippen LogP contribution in [-0.4, -0.2) is 29.1 Å². The van der Waals surface area contributed by atoms with E-state index in [1.165, 1.54) is 0 Å². The second kappa shape index (κ2) is 7.07. The molecule has 0 aromatic rings. The number of hydrogen-bond acceptors (Lipinski definition) is 3. The summed E-state index contributed by atoms with van der Waals surface area (Å²) in [4.78, 5) is 23.4. The Kier molecular flexibility index (Phi) is 5.99. The van der Waals surface area contributed by atoms with Crippen LogP contribution in [0.15, 0.2) is 0 Å². The van der Waals surface area contributed by atoms with Crippen LogP contribution in [0, 0.1) is 11.3 Å². The normalized spacial score (nSPS) is 25.6. The molecule has 0 aromatic heterocycles. The molecule has 5 heteroatoms. The summed E-state index contributed by atoms with van der Waals surface area (Å²) in [5.41, 5.74) is 5.87. The van der Waals surface area contributed by atoms with Gasteiger partial charge >= 0.3 is 5.97 Å². The molecule has 0 saturated heterocycles. The number of carbonyl (C=O) groups is 2. The largest absolute Gasteiger partial charge is 0.481 e. The minimum absolute atomic E-state index is 0.132. The number of nitrogens with two attached hydrogens (primary N) is 1. The Balaban J connectivity index is 2.59. The molecule has 0 aromatic carbocycles. The smallest absolute Gasteiger partial charge is 0.308 e. The molecule has 20 heavy (non-hydrogen) atoms. The highest BCUT2D eigenvalue weighted by Gasteiger charge is 2.31. The maximum absolute atomic E-state index is 12.1. The van der Waals surface area contributed by atoms with E-state index in [1.807, 2.05) is 20.8 Å². The van der Waals surface area contributed by atoms with Crippen molar-refractivity contribution < 1.29 is 14.7 Å². The lowest BCUT2D eigenvalue weighted by molar-refractivity contribution is -0.143. The van der Waals surface area contributed by atoms with Crippen LogP contribution in [0.2, 0.25) is 0 Å². The Morgan fingerprint density at radius 3 is 2.40 bits per heavy atom. The molecule has 1 fully saturated rings. The number of rotatable bonds is 4. The fourth-order valence-corrected chi connectivity index (χ4v) is 2.55. The Hall–Kier alpha value is -1.10. The lowest BCUT2D eigenvalue weighted by Gasteiger charge is -2.28. The quantitative estimate of drug-likeness (QED) is 0.687. The van der Waals surface area contributed by atoms with Crippen molar-refractivity contribution in [1.82, 2.24) is 5.32 Å². The third-order valence-corrected chi connectivity index (χ3v) is 4.20. The van der Waals surface area contributed by atoms with Crippen molar-refractivity contribution in [3.8, 4) is 0 Å². The van der Waals surface area contributed by atoms with E-state index in [0.29, 0.717) is 6.42 Å². The Labute approximate surface area is 121 Å². The SMILES string of the molecule is CC(C)(C)C(N)CC(=O)NC1CCCCCC1C(=O)O. The third-order valence-electron chi connectivity index (χ3n) is 4.20. The molecule has 1 aliphatic carbocycles. The van der Waals surface area contributed by atoms with E-state index >= 15 is 0 Å². The summed E-state index contributed by atoms with van der Waals surface area (Å²) in [6, 6.07) is -0.480. The van der Waals surface area contributed by atoms with E-state index in [2.05, 4.69) is 5.32 Å². The zero-order valence-corrected chi connectivity index (χ0v) is 12.8. The van der Waals surface area contributed by atoms with Gasteiger partial charge in [-0.25, -0.2) is 0 Å². The van der Waals surface area contributed by atoms with E-state index in [4.69, 9.17) is 5.73 Å². The van der Waals surface area contributed by atoms with Crippen molar-refractivity contribution >= 4 is 11.9 Å². The van der Waals surface area contributed by atoms with Crippen molar-refractivity contribution in [3.05, 3.63) is 0 Å². The molecule has 0 aliphatic heterocycles. The molecule has 3 unspecified atom stereocenters. The van der Waals surface area contributed by atoms with Crippen molar-refractivity contribution in [2.24, 2.45) is 17.1 Å². The number of carbonyl (C=O) groups excluding carboxylic acids is 1. The minimum Gasteiger partial charge on any atom is -0.481 e. The van der Waals surface area contributed by atoms with E-state index in [0.717, 1.165) is 25.7 Å². The summed E-state index contributed by atoms with van der Waals surface area (Å²) < 4.78 is 0. The molecule has 0 heterocycles. The molecule has 4 N–H and O–H groups in total. The summed E-state index contributed by atoms with van der Waals surface area (Å²) in [7, 11) is 0. The summed E-state index contributed by atoms with van der Waals surface area (Å²) in [5, 5.41) is 12.2. The predicted octanol–water partition coefficient (Wildman–Crippen LogP) is 1.90. The van der Waals surface area contributed by atoms with Gasteiger partial charge in [0.1, 0.15) is 0 Å². The van der Waals surface area contributed by atoms with Crippen LogP contribution in [0.3, 0.4) is 0 Å². The number of nitrogens with one attached hydrogen (secondary N) is 1. The Bertz CT molecular complexity index is 350. The molecule has 3 atom stereocenters. The molecule has 5 nitrogen and oxygen atoms in total. The molecule has 116 valence electrons. The van der Waals surface area contributed by atoms with E-state index < -0.39 is 11.9 Å². The van der Waals surface area contributed by atoms with Crippen molar-refractivity contribution in [1.29, 1.82) is 0 Å². The van der Waals surface area contributed by atoms with Gasteiger partial charge in [0.05, 0.1) is 5.92 Å². The topological polar surface area (TPSA) is 92.4 Å². The van der Waals surface area contributed by atoms with Gasteiger partial charge in [0.25, 0.3) is 0 Å². The second-order valence-corrected chi connectivity index (χ2v) is 6.93. The first-order chi connectivity index (χ1) is 9.21. The average Bonchev–Trinajstić information content (AvgIpc) is 2.52. The van der Waals surface area contributed by atoms with Gasteiger partial charge < -0.3 is 16.2 Å². The first-order valence-corrected chi connectivity index (χ1v) is 7.49. The van der Waals surface area contributed by atoms with Gasteiger partial charge in [-0.1, -0.05) is 40.0 Å². The van der Waals surface area contributed by atoms with Gasteiger partial charge in [-0.2, -0.15) is 0 Å². The van der Waals surface area contributed by atoms with Crippen LogP contribution in [0.5, 0.6) is 0 Å². The third kappa shape index (κ3) is 5.12. The van der Waals surface area contributed by atoms with Gasteiger partial charge in [0, 0.05) is 18.5 Å². The molecule has 1 rings (SSSR count). The molecule has 0 bridgehead atoms. The van der Waals surface area contributed by atoms with Crippen LogP contribution in [0.25, 0.3) is 0 Å². The number of amides is 1. The minimum atomic E-state index is -0.808. The molecular weight excluding hydrogens is 256 g/mol. The lowest BCUT2D eigenvalue weighted by Crippen LogP contribution is -2.46. The number of carboxylic acid groups (broad SMARTS) is 1. The highest BCUT2D eigenvalue weighted by atomic mass is 16.4. The monoisotopic (exact) mass is 284 g/mol. The summed E-state index contributed by atoms with van der Waals surface area (Å²) >= 11 is 0. The fraction of sp³-hybridized carbons (Fsp3) is 0.867. The maximum Gasteiger partial charge on any atom is 0.308 e. The Morgan fingerprint density at radius 2 is 1.85 bits per heavy atom. The van der Waals surface area contributed by atoms with Crippen LogP contribution >= 0.6 is 0 Å². The fourth-order valence-electron chi connectivity index (χ4n) is 2.55. The van der Waals surface area contributed by atoms with E-state index in [1.54, 1.807) is 0 Å². The zero-order valence-electron chi connectivity index (χ0n) is 12.8. The van der Waals surface area contributed by atoms with E-state index in [-0.39, 0.29) is 29.8 Å². The second-order valence-electron chi connectivity index (χ2n) is 6.93. The molecule has 1 aliphatic rings. The molecule has 0 radical (unpaired) electrons.